The van der Waals surface area contributed by atoms with E-state index in [0.29, 0.717) is 21.3 Å². The molecule has 1 N–H and O–H groups in total. The Balaban J connectivity index is 1.66. The molecule has 0 radical (unpaired) electrons. The normalized spacial score (nSPS) is 10.7. The second kappa shape index (κ2) is 7.17. The first-order valence-electron chi connectivity index (χ1n) is 7.42. The largest absolute Gasteiger partial charge is 0.452 e. The third-order valence-corrected chi connectivity index (χ3v) is 4.20. The van der Waals surface area contributed by atoms with E-state index < -0.39 is 18.5 Å². The predicted molar refractivity (Wildman–Crippen MR) is 98.3 cm³/mol. The summed E-state index contributed by atoms with van der Waals surface area (Å²) >= 11 is 11.8. The zero-order chi connectivity index (χ0) is 18.0. The van der Waals surface area contributed by atoms with Gasteiger partial charge >= 0.3 is 5.97 Å². The summed E-state index contributed by atoms with van der Waals surface area (Å²) in [5, 5.41) is 4.12. The number of fused-ring (bicyclic) bond motifs is 1. The number of nitrogens with one attached hydrogen (secondary N) is 1. The molecule has 25 heavy (non-hydrogen) atoms. The van der Waals surface area contributed by atoms with Crippen LogP contribution in [0.1, 0.15) is 10.4 Å². The lowest BCUT2D eigenvalue weighted by Gasteiger charge is -2.08. The van der Waals surface area contributed by atoms with Crippen molar-refractivity contribution >= 4 is 51.7 Å². The number of anilines is 1. The van der Waals surface area contributed by atoms with Gasteiger partial charge in [-0.2, -0.15) is 0 Å². The molecule has 0 saturated carbocycles. The Morgan fingerprint density at radius 1 is 1.16 bits per heavy atom. The summed E-state index contributed by atoms with van der Waals surface area (Å²) in [7, 11) is 1.84. The minimum atomic E-state index is -0.561. The van der Waals surface area contributed by atoms with E-state index in [1.807, 2.05) is 35.9 Å². The topological polar surface area (TPSA) is 60.3 Å². The fraction of sp³-hybridized carbons (Fsp3) is 0.111. The van der Waals surface area contributed by atoms with Crippen molar-refractivity contribution in [2.45, 2.75) is 0 Å². The SMILES string of the molecule is Cn1cc(C(=O)OCC(=O)Nc2ccc(Cl)cc2Cl)c2ccccc21. The van der Waals surface area contributed by atoms with Crippen LogP contribution in [0.25, 0.3) is 10.9 Å². The van der Waals surface area contributed by atoms with Gasteiger partial charge in [-0.3, -0.25) is 4.79 Å². The third-order valence-electron chi connectivity index (χ3n) is 3.66. The van der Waals surface area contributed by atoms with Crippen LogP contribution in [0.3, 0.4) is 0 Å². The van der Waals surface area contributed by atoms with Gasteiger partial charge in [0.15, 0.2) is 6.61 Å². The average molecular weight is 377 g/mol. The number of carbonyl (C=O) groups excluding carboxylic acids is 2. The van der Waals surface area contributed by atoms with Gasteiger partial charge in [0.1, 0.15) is 0 Å². The molecular formula is C18H14Cl2N2O3. The van der Waals surface area contributed by atoms with Crippen molar-refractivity contribution < 1.29 is 14.3 Å². The maximum Gasteiger partial charge on any atom is 0.340 e. The number of rotatable bonds is 4. The van der Waals surface area contributed by atoms with Gasteiger partial charge < -0.3 is 14.6 Å². The average Bonchev–Trinajstić information content (AvgIpc) is 2.93. The molecule has 0 atom stereocenters. The molecule has 0 aliphatic heterocycles. The first-order chi connectivity index (χ1) is 12.0. The monoisotopic (exact) mass is 376 g/mol. The number of para-hydroxylation sites is 1. The number of esters is 1. The number of hydrogen-bond donors (Lipinski definition) is 1. The van der Waals surface area contributed by atoms with Crippen molar-refractivity contribution in [3.8, 4) is 0 Å². The summed E-state index contributed by atoms with van der Waals surface area (Å²) in [5.41, 5.74) is 1.72. The Kier molecular flexibility index (Phi) is 4.97. The maximum atomic E-state index is 12.3. The Morgan fingerprint density at radius 2 is 1.92 bits per heavy atom. The van der Waals surface area contributed by atoms with Crippen LogP contribution in [0.5, 0.6) is 0 Å². The lowest BCUT2D eigenvalue weighted by atomic mass is 10.2. The van der Waals surface area contributed by atoms with Gasteiger partial charge in [-0.05, 0) is 24.3 Å². The summed E-state index contributed by atoms with van der Waals surface area (Å²) in [6, 6.07) is 12.2. The standard InChI is InChI=1S/C18H14Cl2N2O3/c1-22-9-13(12-4-2-3-5-16(12)22)18(24)25-10-17(23)21-15-7-6-11(19)8-14(15)20/h2-9H,10H2,1H3,(H,21,23). The molecule has 0 fully saturated rings. The van der Waals surface area contributed by atoms with Crippen LogP contribution in [0.2, 0.25) is 10.0 Å². The van der Waals surface area contributed by atoms with Crippen LogP contribution < -0.4 is 5.32 Å². The van der Waals surface area contributed by atoms with Crippen LogP contribution in [-0.4, -0.2) is 23.1 Å². The minimum Gasteiger partial charge on any atom is -0.452 e. The number of carbonyl (C=O) groups is 2. The molecule has 1 heterocycles. The highest BCUT2D eigenvalue weighted by atomic mass is 35.5. The van der Waals surface area contributed by atoms with E-state index in [4.69, 9.17) is 27.9 Å². The summed E-state index contributed by atoms with van der Waals surface area (Å²) in [6.07, 6.45) is 1.68. The zero-order valence-corrected chi connectivity index (χ0v) is 14.8. The summed E-state index contributed by atoms with van der Waals surface area (Å²) in [5.74, 6) is -1.05. The number of nitrogens with zero attached hydrogens (tertiary/aromatic N) is 1. The summed E-state index contributed by atoms with van der Waals surface area (Å²) < 4.78 is 6.95. The van der Waals surface area contributed by atoms with Crippen molar-refractivity contribution in [3.63, 3.8) is 0 Å². The van der Waals surface area contributed by atoms with Gasteiger partial charge in [0.05, 0.1) is 16.3 Å². The van der Waals surface area contributed by atoms with E-state index in [1.54, 1.807) is 18.3 Å². The smallest absolute Gasteiger partial charge is 0.340 e. The molecule has 1 aromatic heterocycles. The second-order valence-corrected chi connectivity index (χ2v) is 6.26. The van der Waals surface area contributed by atoms with Gasteiger partial charge in [-0.25, -0.2) is 4.79 Å². The second-order valence-electron chi connectivity index (χ2n) is 5.42. The van der Waals surface area contributed by atoms with Crippen molar-refractivity contribution in [2.75, 3.05) is 11.9 Å². The van der Waals surface area contributed by atoms with E-state index in [0.717, 1.165) is 10.9 Å². The van der Waals surface area contributed by atoms with Gasteiger partial charge in [-0.1, -0.05) is 41.4 Å². The lowest BCUT2D eigenvalue weighted by molar-refractivity contribution is -0.119. The van der Waals surface area contributed by atoms with E-state index >= 15 is 0 Å². The lowest BCUT2D eigenvalue weighted by Crippen LogP contribution is -2.21. The van der Waals surface area contributed by atoms with E-state index in [9.17, 15) is 9.59 Å². The van der Waals surface area contributed by atoms with Crippen LogP contribution in [0.4, 0.5) is 5.69 Å². The first-order valence-corrected chi connectivity index (χ1v) is 8.17. The molecule has 2 aromatic carbocycles. The van der Waals surface area contributed by atoms with Crippen LogP contribution >= 0.6 is 23.2 Å². The Hall–Kier alpha value is -2.50. The number of aromatic nitrogens is 1. The van der Waals surface area contributed by atoms with Crippen LogP contribution in [0, 0.1) is 0 Å². The molecule has 0 spiro atoms. The molecule has 1 amide bonds. The third kappa shape index (κ3) is 3.78. The molecule has 0 saturated heterocycles. The molecule has 3 aromatic rings. The van der Waals surface area contributed by atoms with E-state index in [-0.39, 0.29) is 0 Å². The molecule has 7 heteroatoms. The van der Waals surface area contributed by atoms with Crippen LogP contribution in [-0.2, 0) is 16.6 Å². The Labute approximate surface area is 154 Å². The number of aryl methyl sites for hydroxylation is 1. The van der Waals surface area contributed by atoms with Gasteiger partial charge in [0.2, 0.25) is 0 Å². The van der Waals surface area contributed by atoms with Crippen molar-refractivity contribution in [3.05, 3.63) is 64.3 Å². The van der Waals surface area contributed by atoms with Crippen molar-refractivity contribution in [1.82, 2.24) is 4.57 Å². The van der Waals surface area contributed by atoms with E-state index in [2.05, 4.69) is 5.32 Å². The molecule has 5 nitrogen and oxygen atoms in total. The number of hydrogen-bond acceptors (Lipinski definition) is 3. The molecule has 0 aliphatic rings. The molecule has 0 unspecified atom stereocenters. The Morgan fingerprint density at radius 3 is 2.68 bits per heavy atom. The molecule has 0 bridgehead atoms. The highest BCUT2D eigenvalue weighted by Crippen LogP contribution is 2.25. The molecular weight excluding hydrogens is 363 g/mol. The predicted octanol–water partition coefficient (Wildman–Crippen LogP) is 4.28. The maximum absolute atomic E-state index is 12.3. The fourth-order valence-corrected chi connectivity index (χ4v) is 2.95. The van der Waals surface area contributed by atoms with Crippen molar-refractivity contribution in [1.29, 1.82) is 0 Å². The molecule has 128 valence electrons. The number of amides is 1. The Bertz CT molecular complexity index is 966. The van der Waals surface area contributed by atoms with Gasteiger partial charge in [0, 0.05) is 29.2 Å². The van der Waals surface area contributed by atoms with Crippen LogP contribution in [0.15, 0.2) is 48.7 Å². The minimum absolute atomic E-state index is 0.307. The van der Waals surface area contributed by atoms with Gasteiger partial charge in [-0.15, -0.1) is 0 Å². The highest BCUT2D eigenvalue weighted by Gasteiger charge is 2.16. The number of ether oxygens (including phenoxy) is 1. The van der Waals surface area contributed by atoms with Gasteiger partial charge in [0.25, 0.3) is 5.91 Å². The molecule has 0 aliphatic carbocycles. The summed E-state index contributed by atoms with van der Waals surface area (Å²) in [6.45, 7) is -0.416. The fourth-order valence-electron chi connectivity index (χ4n) is 2.49. The highest BCUT2D eigenvalue weighted by molar-refractivity contribution is 6.36. The summed E-state index contributed by atoms with van der Waals surface area (Å²) in [4.78, 5) is 24.3. The quantitative estimate of drug-likeness (QED) is 0.691. The number of halogens is 2. The van der Waals surface area contributed by atoms with E-state index in [1.165, 1.54) is 6.07 Å². The number of benzene rings is 2. The van der Waals surface area contributed by atoms with Crippen molar-refractivity contribution in [2.24, 2.45) is 7.05 Å². The molecule has 3 rings (SSSR count). The zero-order valence-electron chi connectivity index (χ0n) is 13.3. The first kappa shape index (κ1) is 17.3.